The highest BCUT2D eigenvalue weighted by Gasteiger charge is 2.33. The van der Waals surface area contributed by atoms with Crippen molar-refractivity contribution in [2.24, 2.45) is 0 Å². The molecule has 0 radical (unpaired) electrons. The first-order chi connectivity index (χ1) is 13.0. The summed E-state index contributed by atoms with van der Waals surface area (Å²) in [6.45, 7) is 0.495. The minimum atomic E-state index is -3.50. The van der Waals surface area contributed by atoms with Gasteiger partial charge in [0.1, 0.15) is 5.82 Å². The van der Waals surface area contributed by atoms with E-state index in [1.165, 1.54) is 12.1 Å². The summed E-state index contributed by atoms with van der Waals surface area (Å²) in [6.07, 6.45) is 0.574. The highest BCUT2D eigenvalue weighted by Crippen LogP contribution is 2.31. The molecule has 1 unspecified atom stereocenters. The summed E-state index contributed by atoms with van der Waals surface area (Å²) in [6, 6.07) is 15.8. The normalized spacial score (nSPS) is 19.4. The summed E-state index contributed by atoms with van der Waals surface area (Å²) in [7, 11) is -3.50. The number of hydrogen-bond donors (Lipinski definition) is 0. The highest BCUT2D eigenvalue weighted by molar-refractivity contribution is 7.99. The van der Waals surface area contributed by atoms with Gasteiger partial charge in [0, 0.05) is 35.7 Å². The van der Waals surface area contributed by atoms with Gasteiger partial charge in [-0.05, 0) is 24.6 Å². The molecule has 3 rings (SSSR count). The first kappa shape index (κ1) is 19.9. The molecule has 0 aliphatic carbocycles. The van der Waals surface area contributed by atoms with Gasteiger partial charge in [-0.2, -0.15) is 0 Å². The van der Waals surface area contributed by atoms with E-state index in [2.05, 4.69) is 0 Å². The lowest BCUT2D eigenvalue weighted by atomic mass is 10.1. The molecule has 7 heteroatoms. The largest absolute Gasteiger partial charge is 0.342 e. The van der Waals surface area contributed by atoms with Crippen molar-refractivity contribution in [3.63, 3.8) is 0 Å². The van der Waals surface area contributed by atoms with Gasteiger partial charge in [-0.1, -0.05) is 36.4 Å². The van der Waals surface area contributed by atoms with Gasteiger partial charge in [0.25, 0.3) is 0 Å². The Morgan fingerprint density at radius 1 is 1.07 bits per heavy atom. The maximum Gasteiger partial charge on any atom is 0.223 e. The molecule has 2 aromatic carbocycles. The van der Waals surface area contributed by atoms with Gasteiger partial charge in [-0.15, -0.1) is 11.8 Å². The number of thioether (sulfide) groups is 1. The molecule has 1 aliphatic rings. The van der Waals surface area contributed by atoms with E-state index in [1.54, 1.807) is 28.8 Å². The third-order valence-electron chi connectivity index (χ3n) is 4.67. The van der Waals surface area contributed by atoms with Crippen LogP contribution in [-0.4, -0.2) is 43.8 Å². The Kier molecular flexibility index (Phi) is 6.55. The number of nitrogens with zero attached hydrogens (tertiary/aromatic N) is 1. The first-order valence-electron chi connectivity index (χ1n) is 8.89. The molecule has 0 saturated carbocycles. The van der Waals surface area contributed by atoms with Crippen LogP contribution in [0.25, 0.3) is 0 Å². The van der Waals surface area contributed by atoms with Crippen molar-refractivity contribution in [2.75, 3.05) is 24.6 Å². The third kappa shape index (κ3) is 5.11. The second-order valence-electron chi connectivity index (χ2n) is 6.46. The monoisotopic (exact) mass is 407 g/mol. The summed E-state index contributed by atoms with van der Waals surface area (Å²) >= 11 is 1.60. The van der Waals surface area contributed by atoms with Gasteiger partial charge in [-0.25, -0.2) is 12.8 Å². The van der Waals surface area contributed by atoms with E-state index in [1.807, 2.05) is 30.3 Å². The van der Waals surface area contributed by atoms with E-state index in [0.29, 0.717) is 18.7 Å². The van der Waals surface area contributed by atoms with E-state index in [-0.39, 0.29) is 30.2 Å². The molecular formula is C20H22FNO3S2. The summed E-state index contributed by atoms with van der Waals surface area (Å²) in [5, 5.41) is -0.893. The van der Waals surface area contributed by atoms with Crippen molar-refractivity contribution in [3.05, 3.63) is 66.0 Å². The van der Waals surface area contributed by atoms with E-state index in [0.717, 1.165) is 4.90 Å². The zero-order valence-corrected chi connectivity index (χ0v) is 16.5. The molecule has 0 aromatic heterocycles. The lowest BCUT2D eigenvalue weighted by Crippen LogP contribution is -2.33. The second-order valence-corrected chi connectivity index (χ2v) is 9.93. The Labute approximate surface area is 163 Å². The zero-order valence-electron chi connectivity index (χ0n) is 14.9. The number of benzene rings is 2. The van der Waals surface area contributed by atoms with Crippen LogP contribution in [0.15, 0.2) is 59.5 Å². The van der Waals surface area contributed by atoms with Crippen LogP contribution in [-0.2, 0) is 14.6 Å². The molecule has 2 aromatic rings. The fourth-order valence-electron chi connectivity index (χ4n) is 3.21. The SMILES string of the molecule is O=C(CCSc1ccccc1)N1CCC(c2ccccc2F)S(=O)(=O)CC1. The smallest absolute Gasteiger partial charge is 0.223 e. The lowest BCUT2D eigenvalue weighted by Gasteiger charge is -2.20. The quantitative estimate of drug-likeness (QED) is 0.710. The molecule has 1 aliphatic heterocycles. The van der Waals surface area contributed by atoms with Crippen molar-refractivity contribution in [2.45, 2.75) is 23.0 Å². The lowest BCUT2D eigenvalue weighted by molar-refractivity contribution is -0.130. The summed E-state index contributed by atoms with van der Waals surface area (Å²) in [5.41, 5.74) is 0.200. The highest BCUT2D eigenvalue weighted by atomic mass is 32.2. The summed E-state index contributed by atoms with van der Waals surface area (Å²) < 4.78 is 39.3. The van der Waals surface area contributed by atoms with Crippen molar-refractivity contribution < 1.29 is 17.6 Å². The summed E-state index contributed by atoms with van der Waals surface area (Å²) in [5.74, 6) is -0.0557. The molecule has 1 fully saturated rings. The average Bonchev–Trinajstić information content (AvgIpc) is 2.81. The van der Waals surface area contributed by atoms with Gasteiger partial charge in [0.05, 0.1) is 11.0 Å². The van der Waals surface area contributed by atoms with Crippen LogP contribution in [0, 0.1) is 5.82 Å². The summed E-state index contributed by atoms with van der Waals surface area (Å²) in [4.78, 5) is 15.2. The number of sulfone groups is 1. The Hall–Kier alpha value is -1.86. The van der Waals surface area contributed by atoms with Crippen LogP contribution in [0.3, 0.4) is 0 Å². The topological polar surface area (TPSA) is 54.5 Å². The maximum absolute atomic E-state index is 14.1. The van der Waals surface area contributed by atoms with Crippen LogP contribution < -0.4 is 0 Å². The fourth-order valence-corrected chi connectivity index (χ4v) is 5.87. The number of amides is 1. The molecule has 0 N–H and O–H groups in total. The maximum atomic E-state index is 14.1. The third-order valence-corrected chi connectivity index (χ3v) is 7.80. The van der Waals surface area contributed by atoms with Crippen molar-refractivity contribution in [3.8, 4) is 0 Å². The molecule has 1 amide bonds. The van der Waals surface area contributed by atoms with Crippen LogP contribution in [0.1, 0.15) is 23.7 Å². The molecule has 1 heterocycles. The Morgan fingerprint density at radius 2 is 1.78 bits per heavy atom. The Bertz CT molecular complexity index is 887. The van der Waals surface area contributed by atoms with Gasteiger partial charge in [-0.3, -0.25) is 4.79 Å². The average molecular weight is 408 g/mol. The Balaban J connectivity index is 1.61. The molecule has 1 saturated heterocycles. The Morgan fingerprint density at radius 3 is 2.52 bits per heavy atom. The van der Waals surface area contributed by atoms with Gasteiger partial charge in [0.2, 0.25) is 5.91 Å². The molecular weight excluding hydrogens is 385 g/mol. The minimum absolute atomic E-state index is 0.0529. The van der Waals surface area contributed by atoms with Crippen LogP contribution >= 0.6 is 11.8 Å². The van der Waals surface area contributed by atoms with Gasteiger partial charge in [0.15, 0.2) is 9.84 Å². The minimum Gasteiger partial charge on any atom is -0.342 e. The second kappa shape index (κ2) is 8.89. The first-order valence-corrected chi connectivity index (χ1v) is 11.6. The van der Waals surface area contributed by atoms with Crippen molar-refractivity contribution in [1.82, 2.24) is 4.90 Å². The molecule has 0 spiro atoms. The molecule has 0 bridgehead atoms. The van der Waals surface area contributed by atoms with E-state index in [4.69, 9.17) is 0 Å². The fraction of sp³-hybridized carbons (Fsp3) is 0.350. The number of carbonyl (C=O) groups is 1. The van der Waals surface area contributed by atoms with Gasteiger partial charge >= 0.3 is 0 Å². The number of hydrogen-bond acceptors (Lipinski definition) is 4. The standard InChI is InChI=1S/C20H22FNO3S2/c21-18-9-5-4-8-17(18)19-10-12-22(13-15-27(19,24)25)20(23)11-14-26-16-6-2-1-3-7-16/h1-9,19H,10-15H2. The van der Waals surface area contributed by atoms with Crippen LogP contribution in [0.5, 0.6) is 0 Å². The predicted molar refractivity (Wildman–Crippen MR) is 106 cm³/mol. The van der Waals surface area contributed by atoms with Crippen molar-refractivity contribution in [1.29, 1.82) is 0 Å². The van der Waals surface area contributed by atoms with Crippen LogP contribution in [0.4, 0.5) is 4.39 Å². The van der Waals surface area contributed by atoms with E-state index >= 15 is 0 Å². The molecule has 1 atom stereocenters. The number of carbonyl (C=O) groups excluding carboxylic acids is 1. The molecule has 144 valence electrons. The number of rotatable bonds is 5. The zero-order chi connectivity index (χ0) is 19.3. The molecule has 27 heavy (non-hydrogen) atoms. The van der Waals surface area contributed by atoms with Crippen molar-refractivity contribution >= 4 is 27.5 Å². The number of halogens is 1. The predicted octanol–water partition coefficient (Wildman–Crippen LogP) is 3.70. The van der Waals surface area contributed by atoms with E-state index < -0.39 is 20.9 Å². The van der Waals surface area contributed by atoms with Gasteiger partial charge < -0.3 is 4.90 Å². The van der Waals surface area contributed by atoms with E-state index in [9.17, 15) is 17.6 Å². The molecule has 4 nitrogen and oxygen atoms in total. The van der Waals surface area contributed by atoms with Crippen LogP contribution in [0.2, 0.25) is 0 Å².